The summed E-state index contributed by atoms with van der Waals surface area (Å²) in [5, 5.41) is 0. The number of hydrogen-bond acceptors (Lipinski definition) is 4. The van der Waals surface area contributed by atoms with Crippen LogP contribution in [0.4, 0.5) is 4.39 Å². The molecule has 0 spiro atoms. The third-order valence-corrected chi connectivity index (χ3v) is 5.17. The van der Waals surface area contributed by atoms with Crippen LogP contribution in [0, 0.1) is 5.82 Å². The second-order valence-electron chi connectivity index (χ2n) is 5.92. The van der Waals surface area contributed by atoms with Crippen molar-refractivity contribution < 1.29 is 18.7 Å². The summed E-state index contributed by atoms with van der Waals surface area (Å²) in [4.78, 5) is 15.8. The number of carbonyl (C=O) groups is 1. The minimum atomic E-state index is -0.275. The Morgan fingerprint density at radius 2 is 1.67 bits per heavy atom. The third kappa shape index (κ3) is 4.86. The fraction of sp³-hybridized carbons (Fsp3) is 0.190. The highest BCUT2D eigenvalue weighted by Crippen LogP contribution is 2.28. The quantitative estimate of drug-likeness (QED) is 0.591. The van der Waals surface area contributed by atoms with E-state index < -0.39 is 0 Å². The van der Waals surface area contributed by atoms with E-state index in [1.165, 1.54) is 23.5 Å². The number of ether oxygens (including phenoxy) is 2. The second-order valence-corrected chi connectivity index (χ2v) is 7.01. The molecule has 3 aromatic rings. The largest absolute Gasteiger partial charge is 0.497 e. The van der Waals surface area contributed by atoms with Crippen LogP contribution in [0.25, 0.3) is 10.4 Å². The van der Waals surface area contributed by atoms with Crippen molar-refractivity contribution in [2.24, 2.45) is 0 Å². The molecule has 0 saturated heterocycles. The molecule has 2 aromatic carbocycles. The first-order valence-corrected chi connectivity index (χ1v) is 9.26. The van der Waals surface area contributed by atoms with E-state index in [-0.39, 0.29) is 11.7 Å². The van der Waals surface area contributed by atoms with Crippen LogP contribution in [0.1, 0.15) is 9.67 Å². The topological polar surface area (TPSA) is 38.8 Å². The summed E-state index contributed by atoms with van der Waals surface area (Å²) < 4.78 is 23.8. The van der Waals surface area contributed by atoms with Gasteiger partial charge in [-0.1, -0.05) is 12.1 Å². The Labute approximate surface area is 161 Å². The van der Waals surface area contributed by atoms with Gasteiger partial charge in [-0.2, -0.15) is 0 Å². The predicted octanol–water partition coefficient (Wildman–Crippen LogP) is 4.71. The Bertz CT molecular complexity index is 891. The average molecular weight is 385 g/mol. The summed E-state index contributed by atoms with van der Waals surface area (Å²) in [7, 11) is 3.36. The predicted molar refractivity (Wildman–Crippen MR) is 105 cm³/mol. The molecule has 0 saturated carbocycles. The lowest BCUT2D eigenvalue weighted by atomic mass is 10.2. The molecule has 0 bridgehead atoms. The molecule has 1 heterocycles. The molecule has 3 rings (SSSR count). The zero-order chi connectivity index (χ0) is 19.2. The normalized spacial score (nSPS) is 10.5. The Balaban J connectivity index is 1.54. The maximum atomic E-state index is 13.0. The van der Waals surface area contributed by atoms with E-state index in [1.807, 2.05) is 30.3 Å². The number of rotatable bonds is 7. The molecule has 0 radical (unpaired) electrons. The van der Waals surface area contributed by atoms with Crippen LogP contribution in [-0.2, 0) is 0 Å². The Morgan fingerprint density at radius 1 is 1.00 bits per heavy atom. The molecule has 6 heteroatoms. The Morgan fingerprint density at radius 3 is 2.33 bits per heavy atom. The number of carbonyl (C=O) groups excluding carboxylic acids is 1. The van der Waals surface area contributed by atoms with Gasteiger partial charge >= 0.3 is 0 Å². The van der Waals surface area contributed by atoms with E-state index in [4.69, 9.17) is 9.47 Å². The van der Waals surface area contributed by atoms with Crippen molar-refractivity contribution in [2.75, 3.05) is 27.3 Å². The standard InChI is InChI=1S/C21H20FNO3S/c1-23(13-14-26-18-9-7-17(25-2)8-10-18)21(24)20-12-11-19(27-20)15-3-5-16(22)6-4-15/h3-12H,13-14H2,1-2H3. The number of nitrogens with zero attached hydrogens (tertiary/aromatic N) is 1. The van der Waals surface area contributed by atoms with Crippen molar-refractivity contribution in [1.29, 1.82) is 0 Å². The number of amides is 1. The summed E-state index contributed by atoms with van der Waals surface area (Å²) in [5.74, 6) is 1.16. The van der Waals surface area contributed by atoms with Gasteiger partial charge < -0.3 is 14.4 Å². The van der Waals surface area contributed by atoms with Crippen LogP contribution in [0.3, 0.4) is 0 Å². The molecule has 0 aliphatic carbocycles. The zero-order valence-corrected chi connectivity index (χ0v) is 16.0. The lowest BCUT2D eigenvalue weighted by molar-refractivity contribution is 0.0778. The van der Waals surface area contributed by atoms with Gasteiger partial charge in [0.05, 0.1) is 18.5 Å². The van der Waals surface area contributed by atoms with Crippen LogP contribution in [0.5, 0.6) is 11.5 Å². The lowest BCUT2D eigenvalue weighted by Crippen LogP contribution is -2.30. The van der Waals surface area contributed by atoms with E-state index in [0.717, 1.165) is 21.9 Å². The van der Waals surface area contributed by atoms with Crippen molar-refractivity contribution in [3.63, 3.8) is 0 Å². The summed E-state index contributed by atoms with van der Waals surface area (Å²) in [6.07, 6.45) is 0. The average Bonchev–Trinajstić information content (AvgIpc) is 3.18. The van der Waals surface area contributed by atoms with Gasteiger partial charge in [0.2, 0.25) is 0 Å². The molecular weight excluding hydrogens is 365 g/mol. The van der Waals surface area contributed by atoms with Crippen LogP contribution >= 0.6 is 11.3 Å². The number of benzene rings is 2. The van der Waals surface area contributed by atoms with Gasteiger partial charge in [0.1, 0.15) is 23.9 Å². The van der Waals surface area contributed by atoms with Gasteiger partial charge in [-0.15, -0.1) is 11.3 Å². The first kappa shape index (κ1) is 18.9. The van der Waals surface area contributed by atoms with Crippen molar-refractivity contribution >= 4 is 17.2 Å². The molecule has 1 aromatic heterocycles. The number of halogens is 1. The maximum absolute atomic E-state index is 13.0. The molecule has 0 N–H and O–H groups in total. The number of methoxy groups -OCH3 is 1. The Kier molecular flexibility index (Phi) is 6.08. The van der Waals surface area contributed by atoms with Crippen LogP contribution in [-0.4, -0.2) is 38.1 Å². The molecular formula is C21H20FNO3S. The van der Waals surface area contributed by atoms with Gasteiger partial charge in [0, 0.05) is 11.9 Å². The van der Waals surface area contributed by atoms with E-state index in [0.29, 0.717) is 18.0 Å². The maximum Gasteiger partial charge on any atom is 0.263 e. The molecule has 0 fully saturated rings. The first-order chi connectivity index (χ1) is 13.1. The first-order valence-electron chi connectivity index (χ1n) is 8.45. The molecule has 4 nitrogen and oxygen atoms in total. The van der Waals surface area contributed by atoms with Crippen molar-refractivity contribution in [2.45, 2.75) is 0 Å². The van der Waals surface area contributed by atoms with Crippen LogP contribution in [0.15, 0.2) is 60.7 Å². The van der Waals surface area contributed by atoms with Gasteiger partial charge in [-0.25, -0.2) is 4.39 Å². The highest BCUT2D eigenvalue weighted by molar-refractivity contribution is 7.17. The fourth-order valence-corrected chi connectivity index (χ4v) is 3.49. The molecule has 27 heavy (non-hydrogen) atoms. The van der Waals surface area contributed by atoms with Crippen LogP contribution < -0.4 is 9.47 Å². The summed E-state index contributed by atoms with van der Waals surface area (Å²) in [6.45, 7) is 0.861. The molecule has 0 atom stereocenters. The van der Waals surface area contributed by atoms with Gasteiger partial charge in [-0.3, -0.25) is 4.79 Å². The highest BCUT2D eigenvalue weighted by Gasteiger charge is 2.15. The SMILES string of the molecule is COc1ccc(OCCN(C)C(=O)c2ccc(-c3ccc(F)cc3)s2)cc1. The highest BCUT2D eigenvalue weighted by atomic mass is 32.1. The van der Waals surface area contributed by atoms with E-state index >= 15 is 0 Å². The molecule has 1 amide bonds. The summed E-state index contributed by atoms with van der Waals surface area (Å²) >= 11 is 1.39. The second kappa shape index (κ2) is 8.68. The van der Waals surface area contributed by atoms with E-state index in [9.17, 15) is 9.18 Å². The van der Waals surface area contributed by atoms with Gasteiger partial charge in [-0.05, 0) is 54.1 Å². The number of thiophene rings is 1. The molecule has 0 aliphatic heterocycles. The molecule has 0 aliphatic rings. The monoisotopic (exact) mass is 385 g/mol. The minimum absolute atomic E-state index is 0.0632. The van der Waals surface area contributed by atoms with Gasteiger partial charge in [0.25, 0.3) is 5.91 Å². The van der Waals surface area contributed by atoms with Crippen molar-refractivity contribution in [1.82, 2.24) is 4.90 Å². The minimum Gasteiger partial charge on any atom is -0.497 e. The fourth-order valence-electron chi connectivity index (χ4n) is 2.48. The van der Waals surface area contributed by atoms with E-state index in [2.05, 4.69) is 0 Å². The third-order valence-electron chi connectivity index (χ3n) is 4.05. The van der Waals surface area contributed by atoms with Gasteiger partial charge in [0.15, 0.2) is 0 Å². The summed E-state index contributed by atoms with van der Waals surface area (Å²) in [6, 6.07) is 17.2. The van der Waals surface area contributed by atoms with Crippen molar-refractivity contribution in [3.8, 4) is 21.9 Å². The zero-order valence-electron chi connectivity index (χ0n) is 15.1. The molecule has 0 unspecified atom stereocenters. The Hall–Kier alpha value is -2.86. The molecule has 140 valence electrons. The summed E-state index contributed by atoms with van der Waals surface area (Å²) in [5.41, 5.74) is 0.894. The number of hydrogen-bond donors (Lipinski definition) is 0. The smallest absolute Gasteiger partial charge is 0.263 e. The van der Waals surface area contributed by atoms with E-state index in [1.54, 1.807) is 37.3 Å². The lowest BCUT2D eigenvalue weighted by Gasteiger charge is -2.16. The number of likely N-dealkylation sites (N-methyl/N-ethyl adjacent to an activating group) is 1. The van der Waals surface area contributed by atoms with Crippen LogP contribution in [0.2, 0.25) is 0 Å². The van der Waals surface area contributed by atoms with Crippen molar-refractivity contribution in [3.05, 3.63) is 71.4 Å².